The standard InChI is InChI=1S/C12H15F3N2O/c1-9-8-17(7-6-16-9)10-2-4-11(5-3-10)18-12(13,14)15/h2-5,9,16H,6-8H2,1H3/t9-/m1/s1. The molecule has 0 saturated carbocycles. The van der Waals surface area contributed by atoms with Crippen LogP contribution in [-0.2, 0) is 0 Å². The lowest BCUT2D eigenvalue weighted by atomic mass is 10.2. The molecule has 1 aromatic rings. The number of alkyl halides is 3. The zero-order valence-electron chi connectivity index (χ0n) is 10.00. The van der Waals surface area contributed by atoms with Gasteiger partial charge in [0.15, 0.2) is 0 Å². The first-order valence-electron chi connectivity index (χ1n) is 5.78. The van der Waals surface area contributed by atoms with Gasteiger partial charge in [0, 0.05) is 31.4 Å². The fourth-order valence-corrected chi connectivity index (χ4v) is 2.03. The first kappa shape index (κ1) is 13.0. The van der Waals surface area contributed by atoms with Gasteiger partial charge in [0.25, 0.3) is 0 Å². The van der Waals surface area contributed by atoms with Gasteiger partial charge in [-0.3, -0.25) is 0 Å². The van der Waals surface area contributed by atoms with Crippen LogP contribution < -0.4 is 15.0 Å². The first-order valence-corrected chi connectivity index (χ1v) is 5.78. The van der Waals surface area contributed by atoms with Crippen LogP contribution >= 0.6 is 0 Å². The Morgan fingerprint density at radius 3 is 2.50 bits per heavy atom. The molecule has 1 fully saturated rings. The Bertz CT molecular complexity index is 391. The summed E-state index contributed by atoms with van der Waals surface area (Å²) in [5, 5.41) is 3.31. The van der Waals surface area contributed by atoms with Crippen LogP contribution in [0.4, 0.5) is 18.9 Å². The quantitative estimate of drug-likeness (QED) is 0.883. The van der Waals surface area contributed by atoms with Crippen molar-refractivity contribution in [3.63, 3.8) is 0 Å². The number of nitrogens with zero attached hydrogens (tertiary/aromatic N) is 1. The maximum Gasteiger partial charge on any atom is 0.573 e. The van der Waals surface area contributed by atoms with E-state index in [0.717, 1.165) is 25.3 Å². The molecule has 0 radical (unpaired) electrons. The number of hydrogen-bond donors (Lipinski definition) is 1. The molecule has 1 aliphatic rings. The van der Waals surface area contributed by atoms with E-state index in [-0.39, 0.29) is 5.75 Å². The van der Waals surface area contributed by atoms with Gasteiger partial charge < -0.3 is 15.0 Å². The summed E-state index contributed by atoms with van der Waals surface area (Å²) in [5.74, 6) is -0.186. The Kier molecular flexibility index (Phi) is 3.65. The van der Waals surface area contributed by atoms with E-state index in [1.807, 2.05) is 0 Å². The number of benzene rings is 1. The minimum atomic E-state index is -4.63. The largest absolute Gasteiger partial charge is 0.573 e. The second-order valence-corrected chi connectivity index (χ2v) is 4.34. The lowest BCUT2D eigenvalue weighted by molar-refractivity contribution is -0.274. The van der Waals surface area contributed by atoms with Crippen molar-refractivity contribution in [1.82, 2.24) is 5.32 Å². The average Bonchev–Trinajstić information content (AvgIpc) is 2.28. The summed E-state index contributed by atoms with van der Waals surface area (Å²) in [5.41, 5.74) is 0.915. The Morgan fingerprint density at radius 1 is 1.28 bits per heavy atom. The van der Waals surface area contributed by atoms with Gasteiger partial charge in [-0.1, -0.05) is 0 Å². The van der Waals surface area contributed by atoms with Crippen molar-refractivity contribution >= 4 is 5.69 Å². The second-order valence-electron chi connectivity index (χ2n) is 4.34. The maximum absolute atomic E-state index is 12.0. The molecule has 1 aromatic carbocycles. The van der Waals surface area contributed by atoms with Crippen molar-refractivity contribution in [3.8, 4) is 5.75 Å². The fraction of sp³-hybridized carbons (Fsp3) is 0.500. The van der Waals surface area contributed by atoms with Crippen molar-refractivity contribution in [3.05, 3.63) is 24.3 Å². The predicted molar refractivity (Wildman–Crippen MR) is 62.8 cm³/mol. The van der Waals surface area contributed by atoms with E-state index in [4.69, 9.17) is 0 Å². The Labute approximate surface area is 104 Å². The summed E-state index contributed by atoms with van der Waals surface area (Å²) >= 11 is 0. The number of rotatable bonds is 2. The molecule has 1 N–H and O–H groups in total. The molecular formula is C12H15F3N2O. The topological polar surface area (TPSA) is 24.5 Å². The monoisotopic (exact) mass is 260 g/mol. The molecule has 100 valence electrons. The van der Waals surface area contributed by atoms with Crippen LogP contribution in [-0.4, -0.2) is 32.0 Å². The third-order valence-electron chi connectivity index (χ3n) is 2.80. The molecule has 1 saturated heterocycles. The molecule has 0 aliphatic carbocycles. The lowest BCUT2D eigenvalue weighted by Crippen LogP contribution is -2.49. The molecule has 1 heterocycles. The van der Waals surface area contributed by atoms with Gasteiger partial charge in [-0.05, 0) is 31.2 Å². The second kappa shape index (κ2) is 5.06. The minimum Gasteiger partial charge on any atom is -0.406 e. The molecular weight excluding hydrogens is 245 g/mol. The highest BCUT2D eigenvalue weighted by Gasteiger charge is 2.31. The van der Waals surface area contributed by atoms with Crippen molar-refractivity contribution < 1.29 is 17.9 Å². The molecule has 0 aromatic heterocycles. The van der Waals surface area contributed by atoms with Gasteiger partial charge >= 0.3 is 6.36 Å². The molecule has 2 rings (SSSR count). The van der Waals surface area contributed by atoms with Crippen LogP contribution in [0, 0.1) is 0 Å². The molecule has 0 bridgehead atoms. The minimum absolute atomic E-state index is 0.186. The number of hydrogen-bond acceptors (Lipinski definition) is 3. The fourth-order valence-electron chi connectivity index (χ4n) is 2.03. The normalized spacial score (nSPS) is 20.9. The van der Waals surface area contributed by atoms with Gasteiger partial charge in [-0.25, -0.2) is 0 Å². The summed E-state index contributed by atoms with van der Waals surface area (Å²) in [6, 6.07) is 6.37. The summed E-state index contributed by atoms with van der Waals surface area (Å²) in [6.07, 6.45) is -4.63. The zero-order valence-corrected chi connectivity index (χ0v) is 10.00. The summed E-state index contributed by atoms with van der Waals surface area (Å²) in [7, 11) is 0. The third kappa shape index (κ3) is 3.53. The van der Waals surface area contributed by atoms with Crippen LogP contribution in [0.3, 0.4) is 0 Å². The highest BCUT2D eigenvalue weighted by Crippen LogP contribution is 2.25. The summed E-state index contributed by atoms with van der Waals surface area (Å²) < 4.78 is 39.9. The van der Waals surface area contributed by atoms with E-state index in [0.29, 0.717) is 6.04 Å². The van der Waals surface area contributed by atoms with E-state index in [9.17, 15) is 13.2 Å². The maximum atomic E-state index is 12.0. The molecule has 3 nitrogen and oxygen atoms in total. The summed E-state index contributed by atoms with van der Waals surface area (Å²) in [4.78, 5) is 2.14. The van der Waals surface area contributed by atoms with E-state index >= 15 is 0 Å². The molecule has 6 heteroatoms. The highest BCUT2D eigenvalue weighted by molar-refractivity contribution is 5.49. The van der Waals surface area contributed by atoms with Gasteiger partial charge in [0.1, 0.15) is 5.75 Å². The Hall–Kier alpha value is -1.43. The van der Waals surface area contributed by atoms with Crippen molar-refractivity contribution in [1.29, 1.82) is 0 Å². The van der Waals surface area contributed by atoms with Gasteiger partial charge in [0.2, 0.25) is 0 Å². The lowest BCUT2D eigenvalue weighted by Gasteiger charge is -2.33. The predicted octanol–water partition coefficient (Wildman–Crippen LogP) is 2.38. The molecule has 0 unspecified atom stereocenters. The Morgan fingerprint density at radius 2 is 1.94 bits per heavy atom. The van der Waals surface area contributed by atoms with Crippen LogP contribution in [0.2, 0.25) is 0 Å². The van der Waals surface area contributed by atoms with Crippen LogP contribution in [0.15, 0.2) is 24.3 Å². The van der Waals surface area contributed by atoms with E-state index in [1.165, 1.54) is 12.1 Å². The highest BCUT2D eigenvalue weighted by atomic mass is 19.4. The van der Waals surface area contributed by atoms with Crippen molar-refractivity contribution in [2.24, 2.45) is 0 Å². The van der Waals surface area contributed by atoms with Gasteiger partial charge in [0.05, 0.1) is 0 Å². The zero-order chi connectivity index (χ0) is 13.2. The molecule has 1 aliphatic heterocycles. The molecule has 0 spiro atoms. The van der Waals surface area contributed by atoms with Crippen LogP contribution in [0.1, 0.15) is 6.92 Å². The molecule has 18 heavy (non-hydrogen) atoms. The number of ether oxygens (including phenoxy) is 1. The number of piperazine rings is 1. The van der Waals surface area contributed by atoms with Crippen LogP contribution in [0.5, 0.6) is 5.75 Å². The smallest absolute Gasteiger partial charge is 0.406 e. The first-order chi connectivity index (χ1) is 8.44. The number of nitrogens with one attached hydrogen (secondary N) is 1. The van der Waals surface area contributed by atoms with Crippen molar-refractivity contribution in [2.75, 3.05) is 24.5 Å². The number of anilines is 1. The molecule has 1 atom stereocenters. The average molecular weight is 260 g/mol. The SMILES string of the molecule is C[C@@H]1CN(c2ccc(OC(F)(F)F)cc2)CCN1. The molecule has 0 amide bonds. The van der Waals surface area contributed by atoms with E-state index in [1.54, 1.807) is 12.1 Å². The van der Waals surface area contributed by atoms with E-state index < -0.39 is 6.36 Å². The van der Waals surface area contributed by atoms with Crippen molar-refractivity contribution in [2.45, 2.75) is 19.3 Å². The third-order valence-corrected chi connectivity index (χ3v) is 2.80. The van der Waals surface area contributed by atoms with E-state index in [2.05, 4.69) is 21.9 Å². The summed E-state index contributed by atoms with van der Waals surface area (Å²) in [6.45, 7) is 4.65. The van der Waals surface area contributed by atoms with Gasteiger partial charge in [-0.15, -0.1) is 13.2 Å². The van der Waals surface area contributed by atoms with Crippen LogP contribution in [0.25, 0.3) is 0 Å². The number of halogens is 3. The van der Waals surface area contributed by atoms with Gasteiger partial charge in [-0.2, -0.15) is 0 Å². The Balaban J connectivity index is 2.03.